The quantitative estimate of drug-likeness (QED) is 0.0657. The molecule has 1 fully saturated rings. The van der Waals surface area contributed by atoms with Crippen LogP contribution in [0.3, 0.4) is 0 Å². The Bertz CT molecular complexity index is 1590. The highest BCUT2D eigenvalue weighted by Crippen LogP contribution is 2.53. The van der Waals surface area contributed by atoms with E-state index in [4.69, 9.17) is 39.9 Å². The number of benzene rings is 3. The van der Waals surface area contributed by atoms with Crippen LogP contribution in [0.2, 0.25) is 10.0 Å². The SMILES string of the molecule is NN/N=C(\N)NC(=O)c1ccc(Cn2nc(-c3cc(Cl)cc(Cl)c3)cc2C2CCN(S(O)(O)c3ccccc3)CC2)cc1. The van der Waals surface area contributed by atoms with Gasteiger partial charge in [-0.25, -0.2) is 15.7 Å². The molecule has 8 N–H and O–H groups in total. The fourth-order valence-electron chi connectivity index (χ4n) is 5.11. The number of hydrogen-bond acceptors (Lipinski definition) is 8. The normalized spacial score (nSPS) is 15.3. The Labute approximate surface area is 260 Å². The third-order valence-corrected chi connectivity index (χ3v) is 9.66. The second-order valence-corrected chi connectivity index (χ2v) is 13.0. The van der Waals surface area contributed by atoms with E-state index in [0.717, 1.165) is 22.5 Å². The summed E-state index contributed by atoms with van der Waals surface area (Å²) in [5, 5.41) is 11.9. The van der Waals surface area contributed by atoms with Crippen LogP contribution in [-0.2, 0) is 6.54 Å². The first kappa shape index (κ1) is 30.8. The summed E-state index contributed by atoms with van der Waals surface area (Å²) >= 11 is 12.6. The van der Waals surface area contributed by atoms with Gasteiger partial charge < -0.3 is 5.73 Å². The molecule has 0 bridgehead atoms. The maximum Gasteiger partial charge on any atom is 0.257 e. The molecule has 4 aromatic rings. The number of carbonyl (C=O) groups is 1. The number of nitrogens with zero attached hydrogens (tertiary/aromatic N) is 4. The van der Waals surface area contributed by atoms with Crippen LogP contribution in [0.4, 0.5) is 0 Å². The van der Waals surface area contributed by atoms with Gasteiger partial charge in [-0.05, 0) is 66.9 Å². The molecule has 1 aliphatic heterocycles. The Hall–Kier alpha value is -3.62. The molecular formula is C29H32Cl2N8O3S. The number of amides is 1. The van der Waals surface area contributed by atoms with E-state index < -0.39 is 16.7 Å². The van der Waals surface area contributed by atoms with Gasteiger partial charge in [-0.3, -0.25) is 23.9 Å². The van der Waals surface area contributed by atoms with Crippen LogP contribution in [-0.4, -0.2) is 48.1 Å². The number of nitrogens with one attached hydrogen (secondary N) is 2. The van der Waals surface area contributed by atoms with E-state index in [1.54, 1.807) is 46.8 Å². The number of hydrogen-bond donors (Lipinski definition) is 6. The number of rotatable bonds is 8. The monoisotopic (exact) mass is 642 g/mol. The molecule has 5 rings (SSSR count). The maximum atomic E-state index is 12.4. The summed E-state index contributed by atoms with van der Waals surface area (Å²) in [6.45, 7) is 1.48. The number of guanidine groups is 1. The topological polar surface area (TPSA) is 167 Å². The summed E-state index contributed by atoms with van der Waals surface area (Å²) in [5.74, 6) is 4.65. The lowest BCUT2D eigenvalue weighted by Crippen LogP contribution is -2.39. The van der Waals surface area contributed by atoms with Crippen LogP contribution in [0.15, 0.2) is 88.9 Å². The van der Waals surface area contributed by atoms with E-state index in [0.29, 0.717) is 53.0 Å². The van der Waals surface area contributed by atoms with E-state index in [1.165, 1.54) is 0 Å². The van der Waals surface area contributed by atoms with Crippen molar-refractivity contribution in [2.75, 3.05) is 13.1 Å². The molecule has 0 atom stereocenters. The van der Waals surface area contributed by atoms with Crippen LogP contribution in [0.1, 0.15) is 40.4 Å². The Morgan fingerprint density at radius 1 is 1.00 bits per heavy atom. The molecule has 2 heterocycles. The largest absolute Gasteiger partial charge is 0.368 e. The van der Waals surface area contributed by atoms with Gasteiger partial charge in [0.05, 0.1) is 17.1 Å². The van der Waals surface area contributed by atoms with E-state index in [1.807, 2.05) is 46.6 Å². The fourth-order valence-corrected chi connectivity index (χ4v) is 7.17. The van der Waals surface area contributed by atoms with Crippen molar-refractivity contribution in [3.8, 4) is 11.3 Å². The van der Waals surface area contributed by atoms with Gasteiger partial charge in [-0.1, -0.05) is 53.5 Å². The predicted octanol–water partition coefficient (Wildman–Crippen LogP) is 5.23. The summed E-state index contributed by atoms with van der Waals surface area (Å²) in [6.07, 6.45) is 1.42. The summed E-state index contributed by atoms with van der Waals surface area (Å²) in [5.41, 5.74) is 11.5. The first-order valence-electron chi connectivity index (χ1n) is 13.5. The molecule has 0 spiro atoms. The number of halogens is 2. The number of hydrazine groups is 1. The van der Waals surface area contributed by atoms with Gasteiger partial charge in [0.25, 0.3) is 5.91 Å². The third kappa shape index (κ3) is 7.31. The molecule has 3 aromatic carbocycles. The van der Waals surface area contributed by atoms with Crippen molar-refractivity contribution >= 4 is 45.8 Å². The first-order chi connectivity index (χ1) is 20.6. The van der Waals surface area contributed by atoms with Crippen LogP contribution < -0.4 is 22.4 Å². The Balaban J connectivity index is 1.38. The van der Waals surface area contributed by atoms with Gasteiger partial charge in [0.2, 0.25) is 5.96 Å². The molecular weight excluding hydrogens is 611 g/mol. The number of piperidine rings is 1. The third-order valence-electron chi connectivity index (χ3n) is 7.24. The van der Waals surface area contributed by atoms with Crippen LogP contribution >= 0.6 is 34.0 Å². The molecule has 1 aromatic heterocycles. The van der Waals surface area contributed by atoms with E-state index >= 15 is 0 Å². The lowest BCUT2D eigenvalue weighted by atomic mass is 9.93. The van der Waals surface area contributed by atoms with Crippen LogP contribution in [0, 0.1) is 0 Å². The molecule has 0 radical (unpaired) electrons. The first-order valence-corrected chi connectivity index (χ1v) is 15.7. The summed E-state index contributed by atoms with van der Waals surface area (Å²) in [7, 11) is -3.07. The molecule has 1 saturated heterocycles. The van der Waals surface area contributed by atoms with E-state index in [2.05, 4.69) is 10.4 Å². The van der Waals surface area contributed by atoms with Crippen LogP contribution in [0.5, 0.6) is 0 Å². The molecule has 11 nitrogen and oxygen atoms in total. The van der Waals surface area contributed by atoms with Crippen molar-refractivity contribution in [1.29, 1.82) is 0 Å². The average Bonchev–Trinajstić information content (AvgIpc) is 3.41. The van der Waals surface area contributed by atoms with Gasteiger partial charge in [-0.15, -0.1) is 15.9 Å². The van der Waals surface area contributed by atoms with Gasteiger partial charge in [0.1, 0.15) is 0 Å². The zero-order valence-electron chi connectivity index (χ0n) is 23.0. The lowest BCUT2D eigenvalue weighted by Gasteiger charge is -2.46. The maximum absolute atomic E-state index is 12.4. The Morgan fingerprint density at radius 3 is 2.28 bits per heavy atom. The van der Waals surface area contributed by atoms with Gasteiger partial charge >= 0.3 is 0 Å². The molecule has 14 heteroatoms. The smallest absolute Gasteiger partial charge is 0.257 e. The summed E-state index contributed by atoms with van der Waals surface area (Å²) in [6, 6.07) is 23.4. The van der Waals surface area contributed by atoms with Crippen molar-refractivity contribution in [3.63, 3.8) is 0 Å². The van der Waals surface area contributed by atoms with Crippen molar-refractivity contribution in [1.82, 2.24) is 24.9 Å². The van der Waals surface area contributed by atoms with Crippen molar-refractivity contribution in [3.05, 3.63) is 106 Å². The molecule has 0 aliphatic carbocycles. The molecule has 43 heavy (non-hydrogen) atoms. The second-order valence-electron chi connectivity index (χ2n) is 10.1. The summed E-state index contributed by atoms with van der Waals surface area (Å²) < 4.78 is 25.8. The Morgan fingerprint density at radius 2 is 1.65 bits per heavy atom. The van der Waals surface area contributed by atoms with Gasteiger partial charge in [0, 0.05) is 45.9 Å². The second kappa shape index (κ2) is 13.3. The van der Waals surface area contributed by atoms with Crippen molar-refractivity contribution in [2.45, 2.75) is 30.2 Å². The zero-order valence-corrected chi connectivity index (χ0v) is 25.4. The van der Waals surface area contributed by atoms with E-state index in [9.17, 15) is 13.9 Å². The van der Waals surface area contributed by atoms with Crippen molar-refractivity contribution in [2.24, 2.45) is 16.7 Å². The minimum atomic E-state index is -3.07. The van der Waals surface area contributed by atoms with Gasteiger partial charge in [0.15, 0.2) is 0 Å². The standard InChI is InChI=1S/C29H32Cl2N8O3S/c30-23-14-22(15-24(31)16-23)26-17-27(20-10-12-38(13-11-20)43(41,42)25-4-2-1-3-5-25)39(36-26)18-19-6-8-21(9-7-19)28(40)34-29(32)35-37-33/h1-9,14-17,20,37,41-42H,10-13,18,33H2,(H3,32,34,35,40). The fraction of sp³-hybridized carbons (Fsp3) is 0.207. The molecule has 0 saturated carbocycles. The number of nitrogens with two attached hydrogens (primary N) is 2. The highest BCUT2D eigenvalue weighted by Gasteiger charge is 2.32. The molecule has 1 aliphatic rings. The molecule has 1 amide bonds. The molecule has 0 unspecified atom stereocenters. The lowest BCUT2D eigenvalue weighted by molar-refractivity contribution is 0.0976. The Kier molecular flexibility index (Phi) is 9.57. The average molecular weight is 644 g/mol. The number of aromatic nitrogens is 2. The summed E-state index contributed by atoms with van der Waals surface area (Å²) in [4.78, 5) is 13.0. The van der Waals surface area contributed by atoms with Gasteiger partial charge in [-0.2, -0.15) is 5.10 Å². The minimum absolute atomic E-state index is 0.126. The van der Waals surface area contributed by atoms with E-state index in [-0.39, 0.29) is 11.9 Å². The minimum Gasteiger partial charge on any atom is -0.368 e. The van der Waals surface area contributed by atoms with Crippen molar-refractivity contribution < 1.29 is 13.9 Å². The zero-order chi connectivity index (χ0) is 30.6. The number of carbonyl (C=O) groups excluding carboxylic acids is 1. The number of hydrazone groups is 1. The highest BCUT2D eigenvalue weighted by atomic mass is 35.5. The highest BCUT2D eigenvalue weighted by molar-refractivity contribution is 8.22. The molecule has 226 valence electrons. The predicted molar refractivity (Wildman–Crippen MR) is 171 cm³/mol. The van der Waals surface area contributed by atoms with Crippen LogP contribution in [0.25, 0.3) is 11.3 Å².